The van der Waals surface area contributed by atoms with Crippen molar-refractivity contribution in [2.75, 3.05) is 6.61 Å². The predicted molar refractivity (Wildman–Crippen MR) is 62.2 cm³/mol. The summed E-state index contributed by atoms with van der Waals surface area (Å²) in [5.41, 5.74) is 1.52. The number of carboxylic acid groups (broad SMARTS) is 1. The number of carbonyl (C=O) groups excluding carboxylic acids is 1. The van der Waals surface area contributed by atoms with Gasteiger partial charge in [-0.1, -0.05) is 0 Å². The molecule has 1 aromatic rings. The summed E-state index contributed by atoms with van der Waals surface area (Å²) < 4.78 is 6.61. The van der Waals surface area contributed by atoms with Gasteiger partial charge < -0.3 is 14.4 Å². The second-order valence-electron chi connectivity index (χ2n) is 3.89. The molecule has 1 unspecified atom stereocenters. The summed E-state index contributed by atoms with van der Waals surface area (Å²) in [6.07, 6.45) is 0. The Labute approximate surface area is 100 Å². The fourth-order valence-electron chi connectivity index (χ4n) is 1.96. The second kappa shape index (κ2) is 5.03. The largest absolute Gasteiger partial charge is 0.478 e. The van der Waals surface area contributed by atoms with E-state index in [0.29, 0.717) is 12.3 Å². The highest BCUT2D eigenvalue weighted by molar-refractivity contribution is 5.89. The maximum Gasteiger partial charge on any atom is 0.337 e. The number of carboxylic acids is 1. The molecule has 5 heteroatoms. The number of ether oxygens (including phenoxy) is 1. The first-order chi connectivity index (χ1) is 7.90. The first kappa shape index (κ1) is 13.3. The van der Waals surface area contributed by atoms with Gasteiger partial charge >= 0.3 is 11.9 Å². The molecule has 0 amide bonds. The van der Waals surface area contributed by atoms with Crippen molar-refractivity contribution in [3.63, 3.8) is 0 Å². The number of aromatic carboxylic acids is 1. The average molecular weight is 239 g/mol. The van der Waals surface area contributed by atoms with E-state index < -0.39 is 12.0 Å². The first-order valence-electron chi connectivity index (χ1n) is 5.48. The molecule has 17 heavy (non-hydrogen) atoms. The standard InChI is InChI=1S/C12H17NO4/c1-5-17-12(16)9(4)13-7(2)6-10(8(13)3)11(14)15/h6,9H,5H2,1-4H3,(H,14,15). The number of aryl methyl sites for hydroxylation is 1. The summed E-state index contributed by atoms with van der Waals surface area (Å²) in [6.45, 7) is 7.21. The number of nitrogens with zero attached hydrogens (tertiary/aromatic N) is 1. The van der Waals surface area contributed by atoms with Gasteiger partial charge in [0.15, 0.2) is 0 Å². The normalized spacial score (nSPS) is 12.2. The van der Waals surface area contributed by atoms with Crippen LogP contribution >= 0.6 is 0 Å². The Bertz CT molecular complexity index is 448. The van der Waals surface area contributed by atoms with Crippen molar-refractivity contribution < 1.29 is 19.4 Å². The van der Waals surface area contributed by atoms with E-state index in [1.165, 1.54) is 0 Å². The van der Waals surface area contributed by atoms with Crippen LogP contribution in [-0.4, -0.2) is 28.2 Å². The summed E-state index contributed by atoms with van der Waals surface area (Å²) in [5, 5.41) is 9.00. The van der Waals surface area contributed by atoms with Crippen molar-refractivity contribution >= 4 is 11.9 Å². The van der Waals surface area contributed by atoms with Crippen LogP contribution in [0.15, 0.2) is 6.07 Å². The van der Waals surface area contributed by atoms with Gasteiger partial charge in [0.25, 0.3) is 0 Å². The molecule has 0 fully saturated rings. The highest BCUT2D eigenvalue weighted by atomic mass is 16.5. The fourth-order valence-corrected chi connectivity index (χ4v) is 1.96. The summed E-state index contributed by atoms with van der Waals surface area (Å²) in [5.74, 6) is -1.34. The van der Waals surface area contributed by atoms with Crippen molar-refractivity contribution in [1.82, 2.24) is 4.57 Å². The zero-order valence-electron chi connectivity index (χ0n) is 10.5. The lowest BCUT2D eigenvalue weighted by Gasteiger charge is -2.16. The Morgan fingerprint density at radius 2 is 2.06 bits per heavy atom. The maximum absolute atomic E-state index is 11.6. The summed E-state index contributed by atoms with van der Waals surface area (Å²) in [6, 6.07) is 1.05. The quantitative estimate of drug-likeness (QED) is 0.815. The van der Waals surface area contributed by atoms with Gasteiger partial charge in [-0.05, 0) is 33.8 Å². The van der Waals surface area contributed by atoms with E-state index in [1.807, 2.05) is 0 Å². The Balaban J connectivity index is 3.14. The smallest absolute Gasteiger partial charge is 0.337 e. The zero-order chi connectivity index (χ0) is 13.2. The number of aromatic nitrogens is 1. The van der Waals surface area contributed by atoms with Gasteiger partial charge in [0, 0.05) is 11.4 Å². The van der Waals surface area contributed by atoms with Gasteiger partial charge in [-0.25, -0.2) is 9.59 Å². The molecule has 0 saturated heterocycles. The third-order valence-corrected chi connectivity index (χ3v) is 2.73. The molecule has 1 N–H and O–H groups in total. The Hall–Kier alpha value is -1.78. The van der Waals surface area contributed by atoms with Crippen LogP contribution in [0.5, 0.6) is 0 Å². The van der Waals surface area contributed by atoms with Gasteiger partial charge in [-0.2, -0.15) is 0 Å². The number of esters is 1. The first-order valence-corrected chi connectivity index (χ1v) is 5.48. The molecule has 1 heterocycles. The van der Waals surface area contributed by atoms with Gasteiger partial charge in [0.05, 0.1) is 12.2 Å². The third-order valence-electron chi connectivity index (χ3n) is 2.73. The van der Waals surface area contributed by atoms with E-state index in [4.69, 9.17) is 9.84 Å². The van der Waals surface area contributed by atoms with E-state index in [1.54, 1.807) is 38.3 Å². The van der Waals surface area contributed by atoms with Crippen molar-refractivity contribution in [2.24, 2.45) is 0 Å². The van der Waals surface area contributed by atoms with E-state index in [-0.39, 0.29) is 11.5 Å². The minimum absolute atomic E-state index is 0.221. The van der Waals surface area contributed by atoms with Crippen molar-refractivity contribution in [1.29, 1.82) is 0 Å². The Kier molecular flexibility index (Phi) is 3.93. The van der Waals surface area contributed by atoms with E-state index >= 15 is 0 Å². The van der Waals surface area contributed by atoms with Gasteiger partial charge in [-0.15, -0.1) is 0 Å². The van der Waals surface area contributed by atoms with Gasteiger partial charge in [0.2, 0.25) is 0 Å². The molecule has 94 valence electrons. The average Bonchev–Trinajstić information content (AvgIpc) is 2.54. The van der Waals surface area contributed by atoms with Crippen LogP contribution in [0, 0.1) is 13.8 Å². The highest BCUT2D eigenvalue weighted by Gasteiger charge is 2.23. The van der Waals surface area contributed by atoms with Gasteiger partial charge in [0.1, 0.15) is 6.04 Å². The van der Waals surface area contributed by atoms with E-state index in [2.05, 4.69) is 0 Å². The molecule has 0 aliphatic heterocycles. The van der Waals surface area contributed by atoms with Crippen LogP contribution < -0.4 is 0 Å². The van der Waals surface area contributed by atoms with Crippen molar-refractivity contribution in [2.45, 2.75) is 33.7 Å². The third kappa shape index (κ3) is 2.49. The molecule has 0 aliphatic rings. The summed E-state index contributed by atoms with van der Waals surface area (Å²) in [4.78, 5) is 22.6. The monoisotopic (exact) mass is 239 g/mol. The SMILES string of the molecule is CCOC(=O)C(C)n1c(C)cc(C(=O)O)c1C. The van der Waals surface area contributed by atoms with Crippen LogP contribution in [-0.2, 0) is 9.53 Å². The zero-order valence-corrected chi connectivity index (χ0v) is 10.5. The molecule has 0 aliphatic carbocycles. The summed E-state index contributed by atoms with van der Waals surface area (Å²) in [7, 11) is 0. The molecule has 0 aromatic carbocycles. The lowest BCUT2D eigenvalue weighted by atomic mass is 10.2. The van der Waals surface area contributed by atoms with E-state index in [9.17, 15) is 9.59 Å². The Morgan fingerprint density at radius 1 is 1.47 bits per heavy atom. The van der Waals surface area contributed by atoms with E-state index in [0.717, 1.165) is 5.69 Å². The van der Waals surface area contributed by atoms with Crippen LogP contribution in [0.3, 0.4) is 0 Å². The van der Waals surface area contributed by atoms with Crippen molar-refractivity contribution in [3.8, 4) is 0 Å². The molecule has 1 rings (SSSR count). The molecule has 1 atom stereocenters. The number of hydrogen-bond acceptors (Lipinski definition) is 3. The summed E-state index contributed by atoms with van der Waals surface area (Å²) >= 11 is 0. The molecular formula is C12H17NO4. The molecule has 1 aromatic heterocycles. The predicted octanol–water partition coefficient (Wildman–Crippen LogP) is 1.93. The van der Waals surface area contributed by atoms with Crippen molar-refractivity contribution in [3.05, 3.63) is 23.0 Å². The topological polar surface area (TPSA) is 68.5 Å². The minimum atomic E-state index is -0.986. The molecule has 5 nitrogen and oxygen atoms in total. The molecule has 0 bridgehead atoms. The lowest BCUT2D eigenvalue weighted by Crippen LogP contribution is -2.21. The fraction of sp³-hybridized carbons (Fsp3) is 0.500. The minimum Gasteiger partial charge on any atom is -0.478 e. The number of hydrogen-bond donors (Lipinski definition) is 1. The van der Waals surface area contributed by atoms with Gasteiger partial charge in [-0.3, -0.25) is 0 Å². The lowest BCUT2D eigenvalue weighted by molar-refractivity contribution is -0.146. The highest BCUT2D eigenvalue weighted by Crippen LogP contribution is 2.21. The second-order valence-corrected chi connectivity index (χ2v) is 3.89. The van der Waals surface area contributed by atoms with Crippen LogP contribution in [0.2, 0.25) is 0 Å². The van der Waals surface area contributed by atoms with Crippen LogP contribution in [0.25, 0.3) is 0 Å². The Morgan fingerprint density at radius 3 is 2.47 bits per heavy atom. The maximum atomic E-state index is 11.6. The molecule has 0 spiro atoms. The number of rotatable bonds is 4. The van der Waals surface area contributed by atoms with Crippen LogP contribution in [0.1, 0.15) is 41.6 Å². The van der Waals surface area contributed by atoms with Crippen LogP contribution in [0.4, 0.5) is 0 Å². The molecular weight excluding hydrogens is 222 g/mol. The molecule has 0 saturated carbocycles. The number of carbonyl (C=O) groups is 2. The molecule has 0 radical (unpaired) electrons.